The predicted molar refractivity (Wildman–Crippen MR) is 99.6 cm³/mol. The highest BCUT2D eigenvalue weighted by Crippen LogP contribution is 2.17. The molecule has 7 nitrogen and oxygen atoms in total. The zero-order chi connectivity index (χ0) is 18.3. The van der Waals surface area contributed by atoms with Crippen molar-refractivity contribution >= 4 is 39.7 Å². The molecule has 8 heteroatoms. The molecule has 0 unspecified atom stereocenters. The lowest BCUT2D eigenvalue weighted by Gasteiger charge is -2.04. The average Bonchev–Trinajstić information content (AvgIpc) is 2.91. The van der Waals surface area contributed by atoms with E-state index in [4.69, 9.17) is 11.6 Å². The minimum Gasteiger partial charge on any atom is -0.324 e. The lowest BCUT2D eigenvalue weighted by molar-refractivity contribution is -0.117. The molecule has 1 N–H and O–H groups in total. The van der Waals surface area contributed by atoms with Gasteiger partial charge in [-0.3, -0.25) is 4.79 Å². The van der Waals surface area contributed by atoms with Gasteiger partial charge in [0.15, 0.2) is 5.65 Å². The Morgan fingerprint density at radius 2 is 2.08 bits per heavy atom. The van der Waals surface area contributed by atoms with E-state index in [2.05, 4.69) is 15.4 Å². The van der Waals surface area contributed by atoms with E-state index in [0.29, 0.717) is 16.4 Å². The summed E-state index contributed by atoms with van der Waals surface area (Å²) in [5.74, 6) is -0.369. The number of hydrogen-bond donors (Lipinski definition) is 1. The summed E-state index contributed by atoms with van der Waals surface area (Å²) in [6.45, 7) is 1.75. The third-order valence-electron chi connectivity index (χ3n) is 3.98. The highest BCUT2D eigenvalue weighted by atomic mass is 35.5. The van der Waals surface area contributed by atoms with E-state index in [-0.39, 0.29) is 12.5 Å². The van der Waals surface area contributed by atoms with Crippen molar-refractivity contribution in [2.45, 2.75) is 13.5 Å². The largest absolute Gasteiger partial charge is 0.352 e. The summed E-state index contributed by atoms with van der Waals surface area (Å²) in [5, 5.41) is 8.30. The van der Waals surface area contributed by atoms with Gasteiger partial charge in [0.1, 0.15) is 12.9 Å². The molecule has 0 aliphatic heterocycles. The maximum Gasteiger partial charge on any atom is 0.352 e. The quantitative estimate of drug-likeness (QED) is 0.603. The number of aromatic nitrogens is 4. The molecule has 0 aliphatic carbocycles. The number of carbonyl (C=O) groups is 1. The maximum absolute atomic E-state index is 12.5. The molecule has 4 rings (SSSR count). The van der Waals surface area contributed by atoms with Gasteiger partial charge in [-0.1, -0.05) is 29.3 Å². The van der Waals surface area contributed by atoms with Crippen molar-refractivity contribution in [3.05, 3.63) is 69.9 Å². The molecule has 0 fully saturated rings. The lowest BCUT2D eigenvalue weighted by atomic mass is 10.2. The van der Waals surface area contributed by atoms with Crippen LogP contribution in [0.1, 0.15) is 5.56 Å². The third kappa shape index (κ3) is 2.93. The van der Waals surface area contributed by atoms with Gasteiger partial charge in [-0.2, -0.15) is 0 Å². The molecule has 0 bridgehead atoms. The monoisotopic (exact) mass is 367 g/mol. The molecule has 0 atom stereocenters. The number of anilines is 1. The Hall–Kier alpha value is -3.19. The maximum atomic E-state index is 12.5. The highest BCUT2D eigenvalue weighted by Gasteiger charge is 2.14. The topological polar surface area (TPSA) is 81.3 Å². The van der Waals surface area contributed by atoms with Gasteiger partial charge in [-0.15, -0.1) is 5.10 Å². The number of halogens is 1. The summed E-state index contributed by atoms with van der Waals surface area (Å²) in [7, 11) is 0. The zero-order valence-electron chi connectivity index (χ0n) is 13.8. The predicted octanol–water partition coefficient (Wildman–Crippen LogP) is 2.64. The number of rotatable bonds is 3. The second-order valence-electron chi connectivity index (χ2n) is 5.96. The summed E-state index contributed by atoms with van der Waals surface area (Å²) in [6.07, 6.45) is 1.42. The Balaban J connectivity index is 1.69. The molecule has 2 aromatic carbocycles. The Labute approximate surface area is 152 Å². The standard InChI is InChI=1S/C18H14ClN5O2/c1-11-5-6-15-14(7-11)17-22-24(18(26)23(17)10-20-15)9-16(25)21-13-4-2-3-12(19)8-13/h2-8,10H,9H2,1H3,(H,21,25). The summed E-state index contributed by atoms with van der Waals surface area (Å²) >= 11 is 5.91. The number of hydrogen-bond acceptors (Lipinski definition) is 4. The molecule has 0 spiro atoms. The summed E-state index contributed by atoms with van der Waals surface area (Å²) in [4.78, 5) is 29.1. The number of nitrogens with one attached hydrogen (secondary N) is 1. The molecule has 1 amide bonds. The molecule has 4 aromatic rings. The van der Waals surface area contributed by atoms with Crippen LogP contribution in [0.4, 0.5) is 5.69 Å². The fourth-order valence-electron chi connectivity index (χ4n) is 2.78. The van der Waals surface area contributed by atoms with Crippen molar-refractivity contribution in [3.63, 3.8) is 0 Å². The van der Waals surface area contributed by atoms with Crippen molar-refractivity contribution in [2.75, 3.05) is 5.32 Å². The number of fused-ring (bicyclic) bond motifs is 3. The number of nitrogens with zero attached hydrogens (tertiary/aromatic N) is 4. The molecular formula is C18H14ClN5O2. The van der Waals surface area contributed by atoms with Gasteiger partial charge < -0.3 is 5.32 Å². The molecule has 26 heavy (non-hydrogen) atoms. The van der Waals surface area contributed by atoms with E-state index in [0.717, 1.165) is 21.1 Å². The molecule has 130 valence electrons. The first-order valence-electron chi connectivity index (χ1n) is 7.91. The smallest absolute Gasteiger partial charge is 0.324 e. The van der Waals surface area contributed by atoms with Gasteiger partial charge in [0.25, 0.3) is 0 Å². The van der Waals surface area contributed by atoms with Crippen LogP contribution in [0.25, 0.3) is 16.6 Å². The Bertz CT molecular complexity index is 1210. The van der Waals surface area contributed by atoms with Gasteiger partial charge in [-0.05, 0) is 37.3 Å². The minimum atomic E-state index is -0.419. The van der Waals surface area contributed by atoms with Gasteiger partial charge in [0.05, 0.1) is 5.52 Å². The third-order valence-corrected chi connectivity index (χ3v) is 4.21. The second kappa shape index (κ2) is 6.27. The van der Waals surface area contributed by atoms with Crippen molar-refractivity contribution in [2.24, 2.45) is 0 Å². The van der Waals surface area contributed by atoms with Crippen LogP contribution in [-0.4, -0.2) is 25.1 Å². The Morgan fingerprint density at radius 3 is 2.88 bits per heavy atom. The number of aryl methyl sites for hydroxylation is 1. The molecule has 0 radical (unpaired) electrons. The van der Waals surface area contributed by atoms with Crippen LogP contribution >= 0.6 is 11.6 Å². The first-order chi connectivity index (χ1) is 12.5. The van der Waals surface area contributed by atoms with Crippen LogP contribution in [0.3, 0.4) is 0 Å². The lowest BCUT2D eigenvalue weighted by Crippen LogP contribution is -2.28. The van der Waals surface area contributed by atoms with E-state index < -0.39 is 5.69 Å². The fourth-order valence-corrected chi connectivity index (χ4v) is 2.97. The van der Waals surface area contributed by atoms with Crippen LogP contribution in [0.15, 0.2) is 53.6 Å². The van der Waals surface area contributed by atoms with Crippen molar-refractivity contribution in [1.82, 2.24) is 19.2 Å². The number of carbonyl (C=O) groups excluding carboxylic acids is 1. The van der Waals surface area contributed by atoms with Crippen molar-refractivity contribution in [3.8, 4) is 0 Å². The SMILES string of the molecule is Cc1ccc2ncn3c(=O)n(CC(=O)Nc4cccc(Cl)c4)nc3c2c1. The molecule has 0 saturated heterocycles. The van der Waals surface area contributed by atoms with Crippen LogP contribution in [0, 0.1) is 6.92 Å². The molecule has 2 heterocycles. The fraction of sp³-hybridized carbons (Fsp3) is 0.111. The summed E-state index contributed by atoms with van der Waals surface area (Å²) in [6, 6.07) is 12.5. The van der Waals surface area contributed by atoms with Gasteiger partial charge in [-0.25, -0.2) is 18.9 Å². The molecule has 2 aromatic heterocycles. The van der Waals surface area contributed by atoms with Gasteiger partial charge in [0, 0.05) is 16.1 Å². The highest BCUT2D eigenvalue weighted by molar-refractivity contribution is 6.30. The van der Waals surface area contributed by atoms with Crippen molar-refractivity contribution in [1.29, 1.82) is 0 Å². The van der Waals surface area contributed by atoms with E-state index in [1.165, 1.54) is 10.7 Å². The van der Waals surface area contributed by atoms with E-state index in [1.807, 2.05) is 25.1 Å². The Morgan fingerprint density at radius 1 is 1.23 bits per heavy atom. The molecule has 0 aliphatic rings. The number of amides is 1. The number of benzene rings is 2. The van der Waals surface area contributed by atoms with E-state index >= 15 is 0 Å². The summed E-state index contributed by atoms with van der Waals surface area (Å²) in [5.41, 5.74) is 2.38. The molecule has 0 saturated carbocycles. The molecular weight excluding hydrogens is 354 g/mol. The summed E-state index contributed by atoms with van der Waals surface area (Å²) < 4.78 is 2.47. The van der Waals surface area contributed by atoms with Crippen LogP contribution in [0.5, 0.6) is 0 Å². The Kier molecular flexibility index (Phi) is 3.93. The second-order valence-corrected chi connectivity index (χ2v) is 6.39. The van der Waals surface area contributed by atoms with Crippen molar-refractivity contribution < 1.29 is 4.79 Å². The minimum absolute atomic E-state index is 0.208. The van der Waals surface area contributed by atoms with E-state index in [1.54, 1.807) is 24.3 Å². The zero-order valence-corrected chi connectivity index (χ0v) is 14.6. The van der Waals surface area contributed by atoms with Gasteiger partial charge >= 0.3 is 5.69 Å². The average molecular weight is 368 g/mol. The van der Waals surface area contributed by atoms with E-state index in [9.17, 15) is 9.59 Å². The van der Waals surface area contributed by atoms with Crippen LogP contribution < -0.4 is 11.0 Å². The van der Waals surface area contributed by atoms with Crippen LogP contribution in [0.2, 0.25) is 5.02 Å². The van der Waals surface area contributed by atoms with Crippen LogP contribution in [-0.2, 0) is 11.3 Å². The normalized spacial score (nSPS) is 11.2. The first kappa shape index (κ1) is 16.3. The first-order valence-corrected chi connectivity index (χ1v) is 8.29. The van der Waals surface area contributed by atoms with Gasteiger partial charge in [0.2, 0.25) is 5.91 Å².